The maximum atomic E-state index is 12.9. The van der Waals surface area contributed by atoms with Crippen molar-refractivity contribution in [2.45, 2.75) is 25.3 Å². The van der Waals surface area contributed by atoms with Gasteiger partial charge in [-0.3, -0.25) is 14.2 Å². The van der Waals surface area contributed by atoms with Gasteiger partial charge < -0.3 is 19.7 Å². The number of aromatic hydroxyl groups is 1. The molecule has 4 aromatic rings. The highest BCUT2D eigenvalue weighted by molar-refractivity contribution is 6.04. The second-order valence-electron chi connectivity index (χ2n) is 7.92. The van der Waals surface area contributed by atoms with E-state index in [2.05, 4.69) is 19.9 Å². The number of carbonyl (C=O) groups is 1. The predicted octanol–water partition coefficient (Wildman–Crippen LogP) is 2.88. The van der Waals surface area contributed by atoms with E-state index in [1.165, 1.54) is 24.9 Å². The summed E-state index contributed by atoms with van der Waals surface area (Å²) in [6.07, 6.45) is 4.52. The van der Waals surface area contributed by atoms with Gasteiger partial charge in [0.15, 0.2) is 17.3 Å². The highest BCUT2D eigenvalue weighted by Gasteiger charge is 2.29. The zero-order valence-electron chi connectivity index (χ0n) is 18.1. The van der Waals surface area contributed by atoms with Crippen LogP contribution in [0.2, 0.25) is 0 Å². The molecular formula is C23H22N6O4. The van der Waals surface area contributed by atoms with Crippen molar-refractivity contribution >= 4 is 22.6 Å². The summed E-state index contributed by atoms with van der Waals surface area (Å²) in [6, 6.07) is 11.1. The number of nitrogens with zero attached hydrogens (tertiary/aromatic N) is 5. The maximum Gasteiger partial charge on any atom is 0.296 e. The summed E-state index contributed by atoms with van der Waals surface area (Å²) in [6.45, 7) is 0. The summed E-state index contributed by atoms with van der Waals surface area (Å²) in [5.74, 6) is -0.379. The Balaban J connectivity index is 1.61. The first-order valence-electron chi connectivity index (χ1n) is 10.6. The van der Waals surface area contributed by atoms with Crippen LogP contribution in [0.15, 0.2) is 47.4 Å². The molecule has 1 fully saturated rings. The molecule has 0 atom stereocenters. The first-order valence-corrected chi connectivity index (χ1v) is 10.6. The van der Waals surface area contributed by atoms with Crippen molar-refractivity contribution in [3.63, 3.8) is 0 Å². The average molecular weight is 446 g/mol. The number of aromatic nitrogens is 5. The second-order valence-corrected chi connectivity index (χ2v) is 7.92. The van der Waals surface area contributed by atoms with Gasteiger partial charge in [-0.15, -0.1) is 0 Å². The Kier molecular flexibility index (Phi) is 5.04. The fourth-order valence-corrected chi connectivity index (χ4v) is 3.93. The Hall–Kier alpha value is -4.21. The quantitative estimate of drug-likeness (QED) is 0.483. The lowest BCUT2D eigenvalue weighted by Gasteiger charge is -2.29. The third-order valence-electron chi connectivity index (χ3n) is 5.92. The summed E-state index contributed by atoms with van der Waals surface area (Å²) >= 11 is 0. The van der Waals surface area contributed by atoms with Crippen LogP contribution in [0.5, 0.6) is 11.6 Å². The van der Waals surface area contributed by atoms with Crippen LogP contribution in [0.1, 0.15) is 35.8 Å². The molecule has 1 saturated carbocycles. The molecule has 0 bridgehead atoms. The number of hydrogen-bond acceptors (Lipinski definition) is 7. The van der Waals surface area contributed by atoms with E-state index in [0.29, 0.717) is 17.4 Å². The van der Waals surface area contributed by atoms with Crippen molar-refractivity contribution in [2.24, 2.45) is 7.05 Å². The molecule has 5 rings (SSSR count). The lowest BCUT2D eigenvalue weighted by Crippen LogP contribution is -2.27. The Bertz CT molecular complexity index is 1420. The van der Waals surface area contributed by atoms with Crippen LogP contribution in [0, 0.1) is 0 Å². The SMILES string of the molecule is COc1ccc(NC(=O)c2nc(-c3nc4ccccc4n3C3CCC3)n(C)c(=O)c2O)cn1. The van der Waals surface area contributed by atoms with Crippen molar-refractivity contribution in [1.82, 2.24) is 24.1 Å². The number of rotatable bonds is 5. The molecule has 10 heteroatoms. The van der Waals surface area contributed by atoms with Gasteiger partial charge in [0.25, 0.3) is 11.5 Å². The molecule has 0 radical (unpaired) electrons. The highest BCUT2D eigenvalue weighted by atomic mass is 16.5. The number of imidazole rings is 1. The summed E-state index contributed by atoms with van der Waals surface area (Å²) in [7, 11) is 2.99. The molecule has 0 saturated heterocycles. The van der Waals surface area contributed by atoms with E-state index in [1.807, 2.05) is 24.3 Å². The third-order valence-corrected chi connectivity index (χ3v) is 5.92. The Morgan fingerprint density at radius 2 is 1.94 bits per heavy atom. The van der Waals surface area contributed by atoms with Gasteiger partial charge in [0.05, 0.1) is 30.0 Å². The minimum absolute atomic E-state index is 0.207. The Morgan fingerprint density at radius 1 is 1.15 bits per heavy atom. The van der Waals surface area contributed by atoms with Crippen molar-refractivity contribution in [3.8, 4) is 23.3 Å². The first kappa shape index (κ1) is 20.7. The summed E-state index contributed by atoms with van der Waals surface area (Å²) in [4.78, 5) is 38.9. The molecule has 3 aromatic heterocycles. The number of amides is 1. The Morgan fingerprint density at radius 3 is 2.61 bits per heavy atom. The standard InChI is InChI=1S/C23H22N6O4/c1-28-20(21-26-15-8-3-4-9-16(15)29(21)14-6-5-7-14)27-18(19(30)23(28)32)22(31)25-13-10-11-17(33-2)24-12-13/h3-4,8-12,14,30H,5-7H2,1-2H3,(H,25,31). The minimum Gasteiger partial charge on any atom is -0.501 e. The molecule has 0 unspecified atom stereocenters. The maximum absolute atomic E-state index is 12.9. The summed E-state index contributed by atoms with van der Waals surface area (Å²) in [5.41, 5.74) is 0.971. The van der Waals surface area contributed by atoms with E-state index in [4.69, 9.17) is 9.72 Å². The van der Waals surface area contributed by atoms with Crippen LogP contribution in [-0.2, 0) is 7.05 Å². The number of hydrogen-bond donors (Lipinski definition) is 2. The predicted molar refractivity (Wildman–Crippen MR) is 122 cm³/mol. The summed E-state index contributed by atoms with van der Waals surface area (Å²) in [5, 5.41) is 13.0. The zero-order chi connectivity index (χ0) is 23.1. The van der Waals surface area contributed by atoms with Crippen molar-refractivity contribution in [2.75, 3.05) is 12.4 Å². The number of ether oxygens (including phenoxy) is 1. The molecule has 3 heterocycles. The van der Waals surface area contributed by atoms with E-state index < -0.39 is 17.2 Å². The van der Waals surface area contributed by atoms with Gasteiger partial charge in [0.1, 0.15) is 0 Å². The van der Waals surface area contributed by atoms with Gasteiger partial charge in [0.2, 0.25) is 11.6 Å². The van der Waals surface area contributed by atoms with Crippen molar-refractivity contribution in [1.29, 1.82) is 0 Å². The fraction of sp³-hybridized carbons (Fsp3) is 0.261. The number of methoxy groups -OCH3 is 1. The van der Waals surface area contributed by atoms with Gasteiger partial charge >= 0.3 is 0 Å². The molecule has 0 spiro atoms. The molecule has 1 aliphatic carbocycles. The number of nitrogens with one attached hydrogen (secondary N) is 1. The third kappa shape index (κ3) is 3.49. The molecule has 168 valence electrons. The topological polar surface area (TPSA) is 124 Å². The van der Waals surface area contributed by atoms with E-state index in [-0.39, 0.29) is 17.6 Å². The minimum atomic E-state index is -0.732. The van der Waals surface area contributed by atoms with Gasteiger partial charge in [-0.2, -0.15) is 0 Å². The van der Waals surface area contributed by atoms with Crippen molar-refractivity contribution in [3.05, 3.63) is 58.6 Å². The number of carbonyl (C=O) groups excluding carboxylic acids is 1. The number of para-hydroxylation sites is 2. The van der Waals surface area contributed by atoms with Crippen molar-refractivity contribution < 1.29 is 14.6 Å². The van der Waals surface area contributed by atoms with Crippen LogP contribution in [0.3, 0.4) is 0 Å². The number of anilines is 1. The fourth-order valence-electron chi connectivity index (χ4n) is 3.93. The molecule has 1 amide bonds. The monoisotopic (exact) mass is 446 g/mol. The Labute approximate surface area is 188 Å². The van der Waals surface area contributed by atoms with Gasteiger partial charge in [-0.25, -0.2) is 15.0 Å². The molecule has 33 heavy (non-hydrogen) atoms. The van der Waals surface area contributed by atoms with Crippen LogP contribution < -0.4 is 15.6 Å². The smallest absolute Gasteiger partial charge is 0.296 e. The second kappa shape index (κ2) is 8.05. The number of benzene rings is 1. The van der Waals surface area contributed by atoms with E-state index in [0.717, 1.165) is 30.3 Å². The largest absolute Gasteiger partial charge is 0.501 e. The lowest BCUT2D eigenvalue weighted by atomic mass is 9.92. The van der Waals surface area contributed by atoms with Crippen LogP contribution in [0.4, 0.5) is 5.69 Å². The molecular weight excluding hydrogens is 424 g/mol. The van der Waals surface area contributed by atoms with E-state index in [1.54, 1.807) is 12.1 Å². The first-order chi connectivity index (χ1) is 16.0. The zero-order valence-corrected chi connectivity index (χ0v) is 18.1. The summed E-state index contributed by atoms with van der Waals surface area (Å²) < 4.78 is 8.31. The molecule has 0 aliphatic heterocycles. The molecule has 10 nitrogen and oxygen atoms in total. The van der Waals surface area contributed by atoms with E-state index >= 15 is 0 Å². The van der Waals surface area contributed by atoms with Crippen LogP contribution in [-0.4, -0.2) is 42.2 Å². The molecule has 1 aliphatic rings. The van der Waals surface area contributed by atoms with Gasteiger partial charge in [-0.05, 0) is 37.5 Å². The van der Waals surface area contributed by atoms with Crippen LogP contribution >= 0.6 is 0 Å². The number of pyridine rings is 1. The highest BCUT2D eigenvalue weighted by Crippen LogP contribution is 2.38. The van der Waals surface area contributed by atoms with E-state index in [9.17, 15) is 14.7 Å². The molecule has 2 N–H and O–H groups in total. The molecule has 1 aromatic carbocycles. The normalized spacial score (nSPS) is 13.6. The van der Waals surface area contributed by atoms with Gasteiger partial charge in [-0.1, -0.05) is 12.1 Å². The number of fused-ring (bicyclic) bond motifs is 1. The average Bonchev–Trinajstić information content (AvgIpc) is 3.16. The van der Waals surface area contributed by atoms with Gasteiger partial charge in [0, 0.05) is 19.2 Å². The lowest BCUT2D eigenvalue weighted by molar-refractivity contribution is 0.101. The van der Waals surface area contributed by atoms with Crippen LogP contribution in [0.25, 0.3) is 22.7 Å².